The molecule has 0 heterocycles. The van der Waals surface area contributed by atoms with Crippen molar-refractivity contribution in [2.24, 2.45) is 0 Å². The van der Waals surface area contributed by atoms with Crippen LogP contribution in [0.3, 0.4) is 0 Å². The van der Waals surface area contributed by atoms with Gasteiger partial charge in [0.15, 0.2) is 0 Å². The Morgan fingerprint density at radius 3 is 2.24 bits per heavy atom. The Morgan fingerprint density at radius 1 is 1.08 bits per heavy atom. The molecule has 0 spiro atoms. The van der Waals surface area contributed by atoms with Gasteiger partial charge in [0.05, 0.1) is 12.7 Å². The van der Waals surface area contributed by atoms with Crippen molar-refractivity contribution in [3.05, 3.63) is 35.4 Å². The van der Waals surface area contributed by atoms with E-state index in [4.69, 9.17) is 9.47 Å². The molecule has 0 bridgehead atoms. The van der Waals surface area contributed by atoms with Gasteiger partial charge in [-0.1, -0.05) is 24.3 Å². The number of ether oxygens (including phenoxy) is 2. The average Bonchev–Trinajstić information content (AvgIpc) is 2.49. The highest BCUT2D eigenvalue weighted by atomic mass is 16.6. The Kier molecular flexibility index (Phi) is 7.90. The van der Waals surface area contributed by atoms with Gasteiger partial charge in [0.1, 0.15) is 11.6 Å². The third kappa shape index (κ3) is 8.54. The number of amides is 2. The highest BCUT2D eigenvalue weighted by Crippen LogP contribution is 2.11. The SMILES string of the molecule is CC(C)OCc1ccccc1CNC(=O)[C@@H](C)NC(=O)OC(C)(C)C. The zero-order chi connectivity index (χ0) is 19.0. The molecule has 6 nitrogen and oxygen atoms in total. The first kappa shape index (κ1) is 21.0. The largest absolute Gasteiger partial charge is 0.444 e. The zero-order valence-corrected chi connectivity index (χ0v) is 16.0. The van der Waals surface area contributed by atoms with Crippen LogP contribution in [-0.4, -0.2) is 29.7 Å². The molecule has 2 amide bonds. The minimum atomic E-state index is -0.686. The van der Waals surface area contributed by atoms with E-state index in [0.29, 0.717) is 13.2 Å². The Morgan fingerprint density at radius 2 is 1.68 bits per heavy atom. The lowest BCUT2D eigenvalue weighted by atomic mass is 10.1. The number of alkyl carbamates (subject to hydrolysis) is 1. The van der Waals surface area contributed by atoms with Gasteiger partial charge >= 0.3 is 6.09 Å². The Balaban J connectivity index is 2.54. The van der Waals surface area contributed by atoms with Gasteiger partial charge in [-0.25, -0.2) is 4.79 Å². The lowest BCUT2D eigenvalue weighted by molar-refractivity contribution is -0.122. The van der Waals surface area contributed by atoms with Gasteiger partial charge in [0.25, 0.3) is 0 Å². The lowest BCUT2D eigenvalue weighted by Crippen LogP contribution is -2.46. The maximum Gasteiger partial charge on any atom is 0.408 e. The van der Waals surface area contributed by atoms with E-state index in [2.05, 4.69) is 10.6 Å². The fourth-order valence-electron chi connectivity index (χ4n) is 2.01. The molecule has 0 aliphatic carbocycles. The smallest absolute Gasteiger partial charge is 0.408 e. The first-order valence-corrected chi connectivity index (χ1v) is 8.54. The van der Waals surface area contributed by atoms with E-state index >= 15 is 0 Å². The van der Waals surface area contributed by atoms with Gasteiger partial charge in [-0.3, -0.25) is 4.79 Å². The normalized spacial score (nSPS) is 12.6. The van der Waals surface area contributed by atoms with Crippen LogP contribution in [0.25, 0.3) is 0 Å². The number of carbonyl (C=O) groups excluding carboxylic acids is 2. The van der Waals surface area contributed by atoms with Gasteiger partial charge in [-0.15, -0.1) is 0 Å². The summed E-state index contributed by atoms with van der Waals surface area (Å²) < 4.78 is 10.8. The lowest BCUT2D eigenvalue weighted by Gasteiger charge is -2.21. The van der Waals surface area contributed by atoms with E-state index in [1.54, 1.807) is 27.7 Å². The second-order valence-corrected chi connectivity index (χ2v) is 7.21. The summed E-state index contributed by atoms with van der Waals surface area (Å²) in [5.41, 5.74) is 1.42. The summed E-state index contributed by atoms with van der Waals surface area (Å²) in [6.45, 7) is 11.8. The van der Waals surface area contributed by atoms with Gasteiger partial charge in [0.2, 0.25) is 5.91 Å². The van der Waals surface area contributed by atoms with Crippen molar-refractivity contribution in [1.29, 1.82) is 0 Å². The molecule has 0 aliphatic rings. The third-order valence-corrected chi connectivity index (χ3v) is 3.27. The van der Waals surface area contributed by atoms with Crippen molar-refractivity contribution in [1.82, 2.24) is 10.6 Å². The molecule has 1 aromatic carbocycles. The maximum absolute atomic E-state index is 12.2. The van der Waals surface area contributed by atoms with Gasteiger partial charge in [-0.05, 0) is 52.7 Å². The van der Waals surface area contributed by atoms with E-state index in [1.165, 1.54) is 0 Å². The van der Waals surface area contributed by atoms with Crippen molar-refractivity contribution >= 4 is 12.0 Å². The second-order valence-electron chi connectivity index (χ2n) is 7.21. The van der Waals surface area contributed by atoms with Crippen molar-refractivity contribution in [3.8, 4) is 0 Å². The van der Waals surface area contributed by atoms with Crippen LogP contribution in [0.5, 0.6) is 0 Å². The van der Waals surface area contributed by atoms with Crippen LogP contribution in [-0.2, 0) is 27.4 Å². The summed E-state index contributed by atoms with van der Waals surface area (Å²) in [5.74, 6) is -0.273. The standard InChI is InChI=1S/C19H30N2O4/c1-13(2)24-12-16-10-8-7-9-15(16)11-20-17(22)14(3)21-18(23)25-19(4,5)6/h7-10,13-14H,11-12H2,1-6H3,(H,20,22)(H,21,23)/t14-/m1/s1. The highest BCUT2D eigenvalue weighted by Gasteiger charge is 2.21. The van der Waals surface area contributed by atoms with Crippen molar-refractivity contribution in [3.63, 3.8) is 0 Å². The summed E-state index contributed by atoms with van der Waals surface area (Å²) in [7, 11) is 0. The van der Waals surface area contributed by atoms with Gasteiger partial charge < -0.3 is 20.1 Å². The van der Waals surface area contributed by atoms with Crippen LogP contribution in [0.4, 0.5) is 4.79 Å². The second kappa shape index (κ2) is 9.42. The Labute approximate surface area is 150 Å². The predicted molar refractivity (Wildman–Crippen MR) is 97.0 cm³/mol. The number of carbonyl (C=O) groups is 2. The molecule has 0 radical (unpaired) electrons. The summed E-state index contributed by atoms with van der Waals surface area (Å²) in [5, 5.41) is 5.36. The number of rotatable bonds is 7. The Bertz CT molecular complexity index is 579. The van der Waals surface area contributed by atoms with Crippen LogP contribution < -0.4 is 10.6 Å². The van der Waals surface area contributed by atoms with Crippen LogP contribution >= 0.6 is 0 Å². The fraction of sp³-hybridized carbons (Fsp3) is 0.579. The van der Waals surface area contributed by atoms with E-state index in [0.717, 1.165) is 11.1 Å². The molecule has 0 fully saturated rings. The molecule has 1 aromatic rings. The van der Waals surface area contributed by atoms with E-state index < -0.39 is 17.7 Å². The fourth-order valence-corrected chi connectivity index (χ4v) is 2.01. The van der Waals surface area contributed by atoms with E-state index in [9.17, 15) is 9.59 Å². The monoisotopic (exact) mass is 350 g/mol. The molecule has 0 saturated carbocycles. The summed E-state index contributed by atoms with van der Waals surface area (Å²) in [6, 6.07) is 7.10. The van der Waals surface area contributed by atoms with Crippen LogP contribution in [0, 0.1) is 0 Å². The number of hydrogen-bond acceptors (Lipinski definition) is 4. The molecule has 140 valence electrons. The minimum absolute atomic E-state index is 0.140. The molecular formula is C19H30N2O4. The summed E-state index contributed by atoms with van der Waals surface area (Å²) >= 11 is 0. The van der Waals surface area contributed by atoms with Crippen molar-refractivity contribution < 1.29 is 19.1 Å². The van der Waals surface area contributed by atoms with E-state index in [1.807, 2.05) is 38.1 Å². The molecule has 1 atom stereocenters. The average molecular weight is 350 g/mol. The molecule has 0 unspecified atom stereocenters. The molecule has 0 aromatic heterocycles. The molecule has 25 heavy (non-hydrogen) atoms. The molecule has 2 N–H and O–H groups in total. The number of hydrogen-bond donors (Lipinski definition) is 2. The van der Waals surface area contributed by atoms with Crippen molar-refractivity contribution in [2.45, 2.75) is 72.4 Å². The summed E-state index contributed by atoms with van der Waals surface area (Å²) in [4.78, 5) is 23.9. The Hall–Kier alpha value is -2.08. The molecular weight excluding hydrogens is 320 g/mol. The van der Waals surface area contributed by atoms with Gasteiger partial charge in [0, 0.05) is 6.54 Å². The molecule has 6 heteroatoms. The first-order valence-electron chi connectivity index (χ1n) is 8.54. The van der Waals surface area contributed by atoms with Gasteiger partial charge in [-0.2, -0.15) is 0 Å². The van der Waals surface area contributed by atoms with E-state index in [-0.39, 0.29) is 12.0 Å². The predicted octanol–water partition coefficient (Wildman–Crippen LogP) is 3.14. The van der Waals surface area contributed by atoms with Crippen LogP contribution in [0.15, 0.2) is 24.3 Å². The van der Waals surface area contributed by atoms with Crippen molar-refractivity contribution in [2.75, 3.05) is 0 Å². The number of nitrogens with one attached hydrogen (secondary N) is 2. The third-order valence-electron chi connectivity index (χ3n) is 3.27. The topological polar surface area (TPSA) is 76.7 Å². The number of benzene rings is 1. The summed E-state index contributed by atoms with van der Waals surface area (Å²) in [6.07, 6.45) is -0.471. The quantitative estimate of drug-likeness (QED) is 0.792. The molecule has 1 rings (SSSR count). The minimum Gasteiger partial charge on any atom is -0.444 e. The zero-order valence-electron chi connectivity index (χ0n) is 16.0. The first-order chi connectivity index (χ1) is 11.6. The highest BCUT2D eigenvalue weighted by molar-refractivity contribution is 5.85. The van der Waals surface area contributed by atoms with Crippen LogP contribution in [0.2, 0.25) is 0 Å². The van der Waals surface area contributed by atoms with Crippen LogP contribution in [0.1, 0.15) is 52.7 Å². The molecule has 0 aliphatic heterocycles. The maximum atomic E-state index is 12.2. The molecule has 0 saturated heterocycles.